The summed E-state index contributed by atoms with van der Waals surface area (Å²) in [6.07, 6.45) is 14.7. The Morgan fingerprint density at radius 2 is 0.831 bits per heavy atom. The first-order chi connectivity index (χ1) is 41.1. The van der Waals surface area contributed by atoms with Gasteiger partial charge in [-0.3, -0.25) is 0 Å². The zero-order valence-corrected chi connectivity index (χ0v) is 46.4. The Kier molecular flexibility index (Phi) is 12.6. The first kappa shape index (κ1) is 49.7. The van der Waals surface area contributed by atoms with Gasteiger partial charge in [-0.15, -0.1) is 0 Å². The number of anilines is 5. The number of nitrogens with one attached hydrogen (secondary N) is 1. The normalized spacial score (nSPS) is 14.3. The topological polar surface area (TPSA) is 54.4 Å². The molecule has 6 heteroatoms. The third-order valence-corrected chi connectivity index (χ3v) is 17.4. The molecule has 11 aromatic carbocycles. The number of benzene rings is 11. The van der Waals surface area contributed by atoms with Gasteiger partial charge >= 0.3 is 0 Å². The van der Waals surface area contributed by atoms with E-state index in [0.717, 1.165) is 71.2 Å². The molecule has 0 saturated carbocycles. The molecule has 15 rings (SSSR count). The summed E-state index contributed by atoms with van der Waals surface area (Å²) in [4.78, 5) is 4.90. The van der Waals surface area contributed by atoms with Gasteiger partial charge in [-0.05, 0) is 134 Å². The Labute approximate surface area is 484 Å². The highest BCUT2D eigenvalue weighted by atomic mass is 15.2. The highest BCUT2D eigenvalue weighted by molar-refractivity contribution is 6.13. The van der Waals surface area contributed by atoms with Crippen LogP contribution in [0.1, 0.15) is 55.7 Å². The van der Waals surface area contributed by atoms with Crippen molar-refractivity contribution in [1.82, 2.24) is 14.5 Å². The number of allylic oxidation sites excluding steroid dienone is 7. The van der Waals surface area contributed by atoms with E-state index in [-0.39, 0.29) is 12.0 Å². The summed E-state index contributed by atoms with van der Waals surface area (Å²) in [5.41, 5.74) is 25.1. The van der Waals surface area contributed by atoms with Crippen molar-refractivity contribution in [3.8, 4) is 11.4 Å². The Bertz CT molecular complexity index is 4640. The second-order valence-corrected chi connectivity index (χ2v) is 22.1. The van der Waals surface area contributed by atoms with Crippen molar-refractivity contribution in [3.05, 3.63) is 307 Å². The molecule has 0 radical (unpaired) electrons. The maximum atomic E-state index is 6.79. The van der Waals surface area contributed by atoms with Crippen molar-refractivity contribution >= 4 is 93.6 Å². The number of hydrogen-bond acceptors (Lipinski definition) is 4. The predicted octanol–water partition coefficient (Wildman–Crippen LogP) is 20.0. The summed E-state index contributed by atoms with van der Waals surface area (Å²) >= 11 is 0. The molecule has 0 saturated heterocycles. The quantitative estimate of drug-likeness (QED) is 0.121. The number of nitrogens with two attached hydrogens (primary N) is 1. The maximum absolute atomic E-state index is 6.79. The van der Waals surface area contributed by atoms with Crippen molar-refractivity contribution in [2.24, 2.45) is 5.73 Å². The van der Waals surface area contributed by atoms with Gasteiger partial charge in [-0.25, -0.2) is 0 Å². The number of hydrogen-bond donors (Lipinski definition) is 2. The van der Waals surface area contributed by atoms with Crippen LogP contribution in [0.4, 0.5) is 28.4 Å². The second kappa shape index (κ2) is 21.0. The Balaban J connectivity index is 0.799. The lowest BCUT2D eigenvalue weighted by Gasteiger charge is -2.32. The first-order valence-electron chi connectivity index (χ1n) is 29.2. The maximum Gasteiger partial charge on any atom is 0.0577 e. The average molecular weight is 1070 g/mol. The van der Waals surface area contributed by atoms with E-state index in [1.807, 2.05) is 0 Å². The second-order valence-electron chi connectivity index (χ2n) is 22.1. The van der Waals surface area contributed by atoms with Gasteiger partial charge in [0.25, 0.3) is 0 Å². The molecular formula is C77H62N6. The van der Waals surface area contributed by atoms with Gasteiger partial charge in [0.2, 0.25) is 0 Å². The minimum atomic E-state index is -0.0749. The summed E-state index contributed by atoms with van der Waals surface area (Å²) in [6, 6.07) is 91.3. The number of para-hydroxylation sites is 5. The lowest BCUT2D eigenvalue weighted by atomic mass is 9.87. The molecule has 2 aliphatic rings. The molecule has 2 unspecified atom stereocenters. The van der Waals surface area contributed by atoms with Gasteiger partial charge in [-0.2, -0.15) is 0 Å². The number of fused-ring (bicyclic) bond motifs is 8. The van der Waals surface area contributed by atoms with Crippen LogP contribution in [0.25, 0.3) is 76.5 Å². The Hall–Kier alpha value is -10.3. The fourth-order valence-corrected chi connectivity index (χ4v) is 13.4. The zero-order chi connectivity index (χ0) is 55.4. The highest BCUT2D eigenvalue weighted by Crippen LogP contribution is 2.45. The zero-order valence-electron chi connectivity index (χ0n) is 46.4. The van der Waals surface area contributed by atoms with Crippen molar-refractivity contribution in [2.45, 2.75) is 44.6 Å². The molecule has 0 bridgehead atoms. The molecule has 0 amide bonds. The van der Waals surface area contributed by atoms with E-state index >= 15 is 0 Å². The Morgan fingerprint density at radius 1 is 0.398 bits per heavy atom. The standard InChI is InChI=1S/C77H62N6/c1-52(53-44-48-57(49-45-53)80(55-22-4-2-5-23-55)69-40-18-32-65-63(69)30-20-42-75(65)82-71-36-14-8-26-59(71)60-27-9-15-37-72(60)82)77(79-68-35-13-12-34-67(68)78)54-46-50-58(51-47-54)81(56-24-6-3-7-25-56)70-41-19-33-66-64(70)31-21-43-76(66)83-73-38-16-10-28-61(73)62-29-11-17-39-74(62)83/h2-6,8-12,14-24,26-34,36-52,77,79H,7,13,25,35,78H2,1H3. The SMILES string of the molecule is CC(c1ccc(N(c2ccccc2)c2cccc3c(-n4c5ccccc5c5ccccc54)cccc23)cc1)C(NC1=C(N)C=CCC1)c1ccc(N(C2=CC=CCC2)c2cccc3c(-n4c5ccccc5c5ccccc54)cccc23)cc1. The van der Waals surface area contributed by atoms with Crippen LogP contribution in [-0.4, -0.2) is 9.13 Å². The van der Waals surface area contributed by atoms with Crippen molar-refractivity contribution in [3.63, 3.8) is 0 Å². The molecule has 0 spiro atoms. The third-order valence-electron chi connectivity index (χ3n) is 17.4. The fourth-order valence-electron chi connectivity index (χ4n) is 13.4. The molecular weight excluding hydrogens is 1010 g/mol. The van der Waals surface area contributed by atoms with Gasteiger partial charge in [0, 0.05) is 77.5 Å². The number of rotatable bonds is 13. The van der Waals surface area contributed by atoms with E-state index in [2.05, 4.69) is 310 Å². The summed E-state index contributed by atoms with van der Waals surface area (Å²) in [6.45, 7) is 2.35. The minimum absolute atomic E-state index is 0.0669. The monoisotopic (exact) mass is 1070 g/mol. The van der Waals surface area contributed by atoms with E-state index in [9.17, 15) is 0 Å². The summed E-state index contributed by atoms with van der Waals surface area (Å²) in [7, 11) is 0. The molecule has 2 aromatic heterocycles. The van der Waals surface area contributed by atoms with Gasteiger partial charge in [-0.1, -0.05) is 189 Å². The molecule has 13 aromatic rings. The van der Waals surface area contributed by atoms with E-state index in [4.69, 9.17) is 5.73 Å². The molecule has 0 fully saturated rings. The van der Waals surface area contributed by atoms with Crippen LogP contribution in [0.2, 0.25) is 0 Å². The van der Waals surface area contributed by atoms with Crippen LogP contribution >= 0.6 is 0 Å². The lowest BCUT2D eigenvalue weighted by Crippen LogP contribution is -2.28. The van der Waals surface area contributed by atoms with Crippen molar-refractivity contribution in [1.29, 1.82) is 0 Å². The van der Waals surface area contributed by atoms with Crippen LogP contribution in [0.15, 0.2) is 296 Å². The highest BCUT2D eigenvalue weighted by Gasteiger charge is 2.27. The van der Waals surface area contributed by atoms with Gasteiger partial charge in [0.05, 0.1) is 56.6 Å². The van der Waals surface area contributed by atoms with Crippen LogP contribution in [-0.2, 0) is 0 Å². The van der Waals surface area contributed by atoms with Crippen LogP contribution in [0.3, 0.4) is 0 Å². The van der Waals surface area contributed by atoms with Crippen molar-refractivity contribution in [2.75, 3.05) is 9.80 Å². The molecule has 2 aliphatic carbocycles. The molecule has 0 aliphatic heterocycles. The van der Waals surface area contributed by atoms with Crippen LogP contribution < -0.4 is 20.9 Å². The number of aromatic nitrogens is 2. The van der Waals surface area contributed by atoms with Crippen molar-refractivity contribution < 1.29 is 0 Å². The van der Waals surface area contributed by atoms with E-state index < -0.39 is 0 Å². The summed E-state index contributed by atoms with van der Waals surface area (Å²) in [5.74, 6) is 0.0669. The molecule has 83 heavy (non-hydrogen) atoms. The van der Waals surface area contributed by atoms with Gasteiger partial charge < -0.3 is 30.0 Å². The summed E-state index contributed by atoms with van der Waals surface area (Å²) < 4.78 is 4.87. The summed E-state index contributed by atoms with van der Waals surface area (Å²) in [5, 5.41) is 13.8. The van der Waals surface area contributed by atoms with Crippen LogP contribution in [0.5, 0.6) is 0 Å². The largest absolute Gasteiger partial charge is 0.397 e. The molecule has 2 atom stereocenters. The van der Waals surface area contributed by atoms with Gasteiger partial charge in [0.1, 0.15) is 0 Å². The fraction of sp³-hybridized carbons (Fsp3) is 0.0909. The predicted molar refractivity (Wildman–Crippen MR) is 350 cm³/mol. The third kappa shape index (κ3) is 8.65. The number of nitrogens with zero attached hydrogens (tertiary/aromatic N) is 4. The molecule has 3 N–H and O–H groups in total. The Morgan fingerprint density at radius 3 is 1.35 bits per heavy atom. The van der Waals surface area contributed by atoms with E-state index in [0.29, 0.717) is 0 Å². The molecule has 2 heterocycles. The van der Waals surface area contributed by atoms with Gasteiger partial charge in [0.15, 0.2) is 0 Å². The lowest BCUT2D eigenvalue weighted by molar-refractivity contribution is 0.497. The van der Waals surface area contributed by atoms with E-state index in [1.165, 1.54) is 87.7 Å². The van der Waals surface area contributed by atoms with E-state index in [1.54, 1.807) is 0 Å². The minimum Gasteiger partial charge on any atom is -0.397 e. The smallest absolute Gasteiger partial charge is 0.0577 e. The first-order valence-corrected chi connectivity index (χ1v) is 29.2. The molecule has 6 nitrogen and oxygen atoms in total. The average Bonchev–Trinajstić information content (AvgIpc) is 3.57. The van der Waals surface area contributed by atoms with Crippen LogP contribution in [0, 0.1) is 0 Å². The molecule has 400 valence electrons.